The summed E-state index contributed by atoms with van der Waals surface area (Å²) in [6, 6.07) is 11.9. The summed E-state index contributed by atoms with van der Waals surface area (Å²) in [5.41, 5.74) is 2.61. The second-order valence-electron chi connectivity index (χ2n) is 7.98. The van der Waals surface area contributed by atoms with E-state index >= 15 is 0 Å². The van der Waals surface area contributed by atoms with Gasteiger partial charge < -0.3 is 10.2 Å². The van der Waals surface area contributed by atoms with E-state index < -0.39 is 0 Å². The van der Waals surface area contributed by atoms with Crippen LogP contribution in [0, 0.1) is 0 Å². The van der Waals surface area contributed by atoms with Crippen LogP contribution in [0.2, 0.25) is 0 Å². The van der Waals surface area contributed by atoms with Crippen LogP contribution in [-0.2, 0) is 11.3 Å². The van der Waals surface area contributed by atoms with Crippen molar-refractivity contribution < 1.29 is 4.79 Å². The molecule has 1 aromatic carbocycles. The second kappa shape index (κ2) is 9.26. The van der Waals surface area contributed by atoms with Crippen LogP contribution < -0.4 is 15.8 Å². The molecule has 0 bridgehead atoms. The lowest BCUT2D eigenvalue weighted by molar-refractivity contribution is -0.116. The monoisotopic (exact) mass is 464 g/mol. The number of nitrogens with one attached hydrogen (secondary N) is 1. The van der Waals surface area contributed by atoms with Gasteiger partial charge in [-0.2, -0.15) is 0 Å². The minimum atomic E-state index is -0.247. The molecule has 3 aromatic heterocycles. The first-order valence-electron chi connectivity index (χ1n) is 10.8. The van der Waals surface area contributed by atoms with Gasteiger partial charge in [0.05, 0.1) is 11.7 Å². The Hall–Kier alpha value is -2.97. The zero-order chi connectivity index (χ0) is 21.9. The van der Waals surface area contributed by atoms with Crippen LogP contribution in [0.25, 0.3) is 20.7 Å². The Morgan fingerprint density at radius 3 is 2.53 bits per heavy atom. The molecule has 0 unspecified atom stereocenters. The second-order valence-corrected chi connectivity index (χ2v) is 9.79. The minimum absolute atomic E-state index is 0.0740. The van der Waals surface area contributed by atoms with Gasteiger partial charge in [0.2, 0.25) is 5.91 Å². The fraction of sp³-hybridized carbons (Fsp3) is 0.292. The van der Waals surface area contributed by atoms with Crippen LogP contribution >= 0.6 is 22.7 Å². The maximum Gasteiger partial charge on any atom is 0.263 e. The Morgan fingerprint density at radius 2 is 1.81 bits per heavy atom. The fourth-order valence-corrected chi connectivity index (χ4v) is 5.85. The molecule has 1 N–H and O–H groups in total. The van der Waals surface area contributed by atoms with E-state index in [-0.39, 0.29) is 18.0 Å². The molecule has 0 saturated carbocycles. The third-order valence-corrected chi connectivity index (χ3v) is 7.57. The van der Waals surface area contributed by atoms with Crippen molar-refractivity contribution in [1.29, 1.82) is 0 Å². The number of hydrogen-bond donors (Lipinski definition) is 1. The average Bonchev–Trinajstić information content (AvgIpc) is 3.40. The number of rotatable bonds is 5. The number of benzene rings is 1. The smallest absolute Gasteiger partial charge is 0.263 e. The van der Waals surface area contributed by atoms with E-state index in [1.807, 2.05) is 35.0 Å². The topological polar surface area (TPSA) is 67.2 Å². The summed E-state index contributed by atoms with van der Waals surface area (Å²) in [7, 11) is 0. The Balaban J connectivity index is 1.30. The predicted octanol–water partition coefficient (Wildman–Crippen LogP) is 5.21. The van der Waals surface area contributed by atoms with Gasteiger partial charge in [-0.15, -0.1) is 22.7 Å². The predicted molar refractivity (Wildman–Crippen MR) is 133 cm³/mol. The van der Waals surface area contributed by atoms with Crippen molar-refractivity contribution in [1.82, 2.24) is 9.55 Å². The number of anilines is 2. The molecule has 1 fully saturated rings. The Kier molecular flexibility index (Phi) is 6.05. The first-order chi connectivity index (χ1) is 15.7. The quantitative estimate of drug-likeness (QED) is 0.441. The summed E-state index contributed by atoms with van der Waals surface area (Å²) in [6.07, 6.45) is 6.50. The van der Waals surface area contributed by atoms with Gasteiger partial charge in [-0.3, -0.25) is 14.2 Å². The summed E-state index contributed by atoms with van der Waals surface area (Å²) >= 11 is 3.03. The van der Waals surface area contributed by atoms with Crippen LogP contribution in [0.1, 0.15) is 25.7 Å². The molecule has 1 aliphatic heterocycles. The number of carbonyl (C=O) groups excluding carboxylic acids is 1. The lowest BCUT2D eigenvalue weighted by Crippen LogP contribution is -2.28. The lowest BCUT2D eigenvalue weighted by atomic mass is 10.2. The summed E-state index contributed by atoms with van der Waals surface area (Å²) in [5.74, 6) is -0.247. The van der Waals surface area contributed by atoms with Gasteiger partial charge in [0.1, 0.15) is 11.4 Å². The standard InChI is InChI=1S/C24H24N4O2S2/c29-21(26-17-7-9-18(10-8-17)27-11-3-1-2-4-12-27)14-28-16-25-23-22(24(28)30)19(15-32-23)20-6-5-13-31-20/h5-10,13,15-16H,1-4,11-12,14H2,(H,26,29). The van der Waals surface area contributed by atoms with Crippen molar-refractivity contribution in [2.24, 2.45) is 0 Å². The zero-order valence-corrected chi connectivity index (χ0v) is 19.3. The first kappa shape index (κ1) is 20.9. The van der Waals surface area contributed by atoms with E-state index in [1.165, 1.54) is 53.6 Å². The normalized spacial score (nSPS) is 14.4. The molecule has 4 aromatic rings. The minimum Gasteiger partial charge on any atom is -0.372 e. The number of thiophene rings is 2. The molecule has 32 heavy (non-hydrogen) atoms. The molecule has 8 heteroatoms. The number of hydrogen-bond acceptors (Lipinski definition) is 6. The molecule has 1 aliphatic rings. The number of nitrogens with zero attached hydrogens (tertiary/aromatic N) is 3. The highest BCUT2D eigenvalue weighted by atomic mass is 32.1. The highest BCUT2D eigenvalue weighted by Crippen LogP contribution is 2.33. The van der Waals surface area contributed by atoms with Crippen LogP contribution in [0.3, 0.4) is 0 Å². The highest BCUT2D eigenvalue weighted by Gasteiger charge is 2.15. The maximum atomic E-state index is 13.1. The molecule has 0 radical (unpaired) electrons. The number of amides is 1. The number of carbonyl (C=O) groups is 1. The van der Waals surface area contributed by atoms with Gasteiger partial charge in [0.25, 0.3) is 5.56 Å². The molecular weight excluding hydrogens is 440 g/mol. The largest absolute Gasteiger partial charge is 0.372 e. The van der Waals surface area contributed by atoms with Gasteiger partial charge >= 0.3 is 0 Å². The maximum absolute atomic E-state index is 13.1. The van der Waals surface area contributed by atoms with Gasteiger partial charge in [-0.1, -0.05) is 18.9 Å². The first-order valence-corrected chi connectivity index (χ1v) is 12.6. The molecule has 1 saturated heterocycles. The summed E-state index contributed by atoms with van der Waals surface area (Å²) < 4.78 is 1.38. The van der Waals surface area contributed by atoms with Crippen LogP contribution in [0.5, 0.6) is 0 Å². The van der Waals surface area contributed by atoms with E-state index in [9.17, 15) is 9.59 Å². The van der Waals surface area contributed by atoms with Gasteiger partial charge in [0.15, 0.2) is 0 Å². The average molecular weight is 465 g/mol. The third-order valence-electron chi connectivity index (χ3n) is 5.78. The Labute approximate surface area is 194 Å². The van der Waals surface area contributed by atoms with Crippen molar-refractivity contribution in [3.8, 4) is 10.4 Å². The molecule has 4 heterocycles. The zero-order valence-electron chi connectivity index (χ0n) is 17.6. The molecule has 1 amide bonds. The molecule has 0 spiro atoms. The van der Waals surface area contributed by atoms with E-state index in [0.29, 0.717) is 10.2 Å². The van der Waals surface area contributed by atoms with Crippen molar-refractivity contribution in [2.75, 3.05) is 23.3 Å². The Bertz CT molecular complexity index is 1270. The van der Waals surface area contributed by atoms with Crippen molar-refractivity contribution >= 4 is 50.2 Å². The van der Waals surface area contributed by atoms with Gasteiger partial charge in [0, 0.05) is 40.3 Å². The SMILES string of the molecule is O=C(Cn1cnc2scc(-c3cccs3)c2c1=O)Nc1ccc(N2CCCCCC2)cc1. The van der Waals surface area contributed by atoms with E-state index in [2.05, 4.69) is 27.3 Å². The number of fused-ring (bicyclic) bond motifs is 1. The summed E-state index contributed by atoms with van der Waals surface area (Å²) in [4.78, 5) is 34.3. The van der Waals surface area contributed by atoms with Gasteiger partial charge in [-0.25, -0.2) is 4.98 Å². The van der Waals surface area contributed by atoms with E-state index in [0.717, 1.165) is 29.2 Å². The highest BCUT2D eigenvalue weighted by molar-refractivity contribution is 7.18. The van der Waals surface area contributed by atoms with Crippen LogP contribution in [-0.4, -0.2) is 28.5 Å². The summed E-state index contributed by atoms with van der Waals surface area (Å²) in [5, 5.41) is 7.43. The molecule has 0 atom stereocenters. The van der Waals surface area contributed by atoms with Crippen molar-refractivity contribution in [3.63, 3.8) is 0 Å². The molecule has 0 aliphatic carbocycles. The van der Waals surface area contributed by atoms with Crippen molar-refractivity contribution in [3.05, 3.63) is 63.8 Å². The Morgan fingerprint density at radius 1 is 1.03 bits per heavy atom. The van der Waals surface area contributed by atoms with E-state index in [1.54, 1.807) is 11.3 Å². The molecule has 164 valence electrons. The van der Waals surface area contributed by atoms with E-state index in [4.69, 9.17) is 0 Å². The van der Waals surface area contributed by atoms with Crippen LogP contribution in [0.15, 0.2) is 58.3 Å². The van der Waals surface area contributed by atoms with Crippen molar-refractivity contribution in [2.45, 2.75) is 32.2 Å². The van der Waals surface area contributed by atoms with Crippen LogP contribution in [0.4, 0.5) is 11.4 Å². The molecule has 6 nitrogen and oxygen atoms in total. The molecular formula is C24H24N4O2S2. The molecule has 5 rings (SSSR count). The number of aromatic nitrogens is 2. The lowest BCUT2D eigenvalue weighted by Gasteiger charge is -2.22. The third kappa shape index (κ3) is 4.33. The fourth-order valence-electron chi connectivity index (χ4n) is 4.13. The summed E-state index contributed by atoms with van der Waals surface area (Å²) in [6.45, 7) is 2.09. The van der Waals surface area contributed by atoms with Gasteiger partial charge in [-0.05, 0) is 48.6 Å².